The van der Waals surface area contributed by atoms with Crippen molar-refractivity contribution < 1.29 is 4.63 Å². The van der Waals surface area contributed by atoms with Crippen LogP contribution in [0, 0.1) is 6.92 Å². The van der Waals surface area contributed by atoms with Crippen molar-refractivity contribution in [3.05, 3.63) is 23.8 Å². The Morgan fingerprint density at radius 2 is 1.60 bits per heavy atom. The molecular weight excluding hydrogens is 188 g/mol. The Bertz CT molecular complexity index is 368. The van der Waals surface area contributed by atoms with Crippen molar-refractivity contribution >= 4 is 11.0 Å². The quantitative estimate of drug-likeness (QED) is 0.657. The largest absolute Gasteiger partial charge is 0.243 e. The fourth-order valence-corrected chi connectivity index (χ4v) is 0.892. The van der Waals surface area contributed by atoms with Gasteiger partial charge in [-0.3, -0.25) is 0 Å². The van der Waals surface area contributed by atoms with E-state index in [9.17, 15) is 0 Å². The minimum absolute atomic E-state index is 0.811. The zero-order valence-electron chi connectivity index (χ0n) is 10.2. The normalized spacial score (nSPS) is 8.60. The third-order valence-electron chi connectivity index (χ3n) is 1.41. The Balaban J connectivity index is 0.000000342. The average Bonchev–Trinajstić information content (AvgIpc) is 2.69. The molecule has 0 spiro atoms. The molecule has 1 aromatic carbocycles. The summed E-state index contributed by atoms with van der Waals surface area (Å²) in [5.41, 5.74) is 2.80. The van der Waals surface area contributed by atoms with Gasteiger partial charge in [-0.1, -0.05) is 40.2 Å². The highest BCUT2D eigenvalue weighted by Gasteiger charge is 1.96. The van der Waals surface area contributed by atoms with Crippen LogP contribution in [0.3, 0.4) is 0 Å². The van der Waals surface area contributed by atoms with Gasteiger partial charge in [-0.2, -0.15) is 0 Å². The second-order valence-electron chi connectivity index (χ2n) is 2.96. The van der Waals surface area contributed by atoms with Crippen molar-refractivity contribution in [2.45, 2.75) is 41.0 Å². The molecule has 0 saturated carbocycles. The lowest BCUT2D eigenvalue weighted by Gasteiger charge is -1.85. The molecule has 0 N–H and O–H groups in total. The molecule has 1 aromatic heterocycles. The summed E-state index contributed by atoms with van der Waals surface area (Å²) in [6.45, 7) is 10.3. The summed E-state index contributed by atoms with van der Waals surface area (Å²) in [6, 6.07) is 5.81. The molecule has 0 aliphatic heterocycles. The smallest absolute Gasteiger partial charge is 0.135 e. The van der Waals surface area contributed by atoms with Crippen LogP contribution in [0.2, 0.25) is 0 Å². The predicted molar refractivity (Wildman–Crippen MR) is 63.9 cm³/mol. The SMILES string of the molecule is CC.CCC.Cc1ccc2nonc2c1. The van der Waals surface area contributed by atoms with Crippen LogP contribution in [-0.2, 0) is 0 Å². The van der Waals surface area contributed by atoms with E-state index in [0.29, 0.717) is 0 Å². The highest BCUT2D eigenvalue weighted by Crippen LogP contribution is 2.09. The van der Waals surface area contributed by atoms with Crippen molar-refractivity contribution in [2.24, 2.45) is 0 Å². The zero-order valence-corrected chi connectivity index (χ0v) is 10.2. The van der Waals surface area contributed by atoms with E-state index in [4.69, 9.17) is 0 Å². The number of hydrogen-bond donors (Lipinski definition) is 0. The summed E-state index contributed by atoms with van der Waals surface area (Å²) in [5.74, 6) is 0. The number of fused-ring (bicyclic) bond motifs is 1. The van der Waals surface area contributed by atoms with Crippen LogP contribution >= 0.6 is 0 Å². The van der Waals surface area contributed by atoms with Gasteiger partial charge in [-0.25, -0.2) is 4.63 Å². The first-order chi connectivity index (χ1) is 7.27. The summed E-state index contributed by atoms with van der Waals surface area (Å²) in [6.07, 6.45) is 1.25. The molecule has 0 saturated heterocycles. The molecule has 0 atom stereocenters. The van der Waals surface area contributed by atoms with E-state index in [1.165, 1.54) is 12.0 Å². The maximum Gasteiger partial charge on any atom is 0.135 e. The van der Waals surface area contributed by atoms with E-state index < -0.39 is 0 Å². The molecule has 3 heteroatoms. The van der Waals surface area contributed by atoms with Gasteiger partial charge < -0.3 is 0 Å². The van der Waals surface area contributed by atoms with Crippen molar-refractivity contribution in [2.75, 3.05) is 0 Å². The molecule has 1 heterocycles. The molecule has 0 unspecified atom stereocenters. The minimum Gasteiger partial charge on any atom is -0.243 e. The Kier molecular flexibility index (Phi) is 7.24. The van der Waals surface area contributed by atoms with E-state index in [1.807, 2.05) is 39.0 Å². The summed E-state index contributed by atoms with van der Waals surface area (Å²) in [5, 5.41) is 7.37. The molecule has 3 nitrogen and oxygen atoms in total. The van der Waals surface area contributed by atoms with Crippen LogP contribution in [0.1, 0.15) is 39.7 Å². The van der Waals surface area contributed by atoms with E-state index in [-0.39, 0.29) is 0 Å². The Hall–Kier alpha value is -1.38. The third kappa shape index (κ3) is 4.58. The number of rotatable bonds is 0. The molecule has 0 amide bonds. The van der Waals surface area contributed by atoms with Gasteiger partial charge in [0.2, 0.25) is 0 Å². The van der Waals surface area contributed by atoms with Crippen LogP contribution in [0.4, 0.5) is 0 Å². The van der Waals surface area contributed by atoms with Gasteiger partial charge in [0.05, 0.1) is 0 Å². The molecule has 15 heavy (non-hydrogen) atoms. The van der Waals surface area contributed by atoms with Crippen LogP contribution in [0.15, 0.2) is 22.8 Å². The number of benzene rings is 1. The standard InChI is InChI=1S/C7H6N2O.C3H8.C2H6/c1-5-2-3-6-7(4-5)9-10-8-6;1-3-2;1-2/h2-4H,1H3;3H2,1-2H3;1-2H3. The van der Waals surface area contributed by atoms with Crippen molar-refractivity contribution in [1.82, 2.24) is 10.3 Å². The third-order valence-corrected chi connectivity index (χ3v) is 1.41. The van der Waals surface area contributed by atoms with Gasteiger partial charge in [-0.05, 0) is 34.9 Å². The molecular formula is C12H20N2O. The summed E-state index contributed by atoms with van der Waals surface area (Å²) in [4.78, 5) is 0. The second kappa shape index (κ2) is 7.97. The molecule has 0 aliphatic rings. The molecule has 84 valence electrons. The van der Waals surface area contributed by atoms with E-state index in [2.05, 4.69) is 28.8 Å². The number of nitrogens with zero attached hydrogens (tertiary/aromatic N) is 2. The highest BCUT2D eigenvalue weighted by molar-refractivity contribution is 5.73. The molecule has 2 aromatic rings. The van der Waals surface area contributed by atoms with Gasteiger partial charge >= 0.3 is 0 Å². The fraction of sp³-hybridized carbons (Fsp3) is 0.500. The zero-order chi connectivity index (χ0) is 11.7. The van der Waals surface area contributed by atoms with Gasteiger partial charge in [0.15, 0.2) is 0 Å². The first-order valence-corrected chi connectivity index (χ1v) is 5.46. The van der Waals surface area contributed by atoms with Crippen molar-refractivity contribution in [3.8, 4) is 0 Å². The molecule has 0 aliphatic carbocycles. The van der Waals surface area contributed by atoms with E-state index in [1.54, 1.807) is 0 Å². The molecule has 0 radical (unpaired) electrons. The Morgan fingerprint density at radius 3 is 2.20 bits per heavy atom. The first kappa shape index (κ1) is 13.6. The average molecular weight is 208 g/mol. The topological polar surface area (TPSA) is 38.9 Å². The first-order valence-electron chi connectivity index (χ1n) is 5.46. The molecule has 0 fully saturated rings. The van der Waals surface area contributed by atoms with Gasteiger partial charge in [0, 0.05) is 0 Å². The maximum atomic E-state index is 4.52. The number of aromatic nitrogens is 2. The van der Waals surface area contributed by atoms with Crippen molar-refractivity contribution in [3.63, 3.8) is 0 Å². The molecule has 0 bridgehead atoms. The lowest BCUT2D eigenvalue weighted by Crippen LogP contribution is -1.71. The van der Waals surface area contributed by atoms with Gasteiger partial charge in [0.1, 0.15) is 11.0 Å². The fourth-order valence-electron chi connectivity index (χ4n) is 0.892. The van der Waals surface area contributed by atoms with E-state index >= 15 is 0 Å². The lowest BCUT2D eigenvalue weighted by molar-refractivity contribution is 0.315. The Labute approximate surface area is 91.5 Å². The van der Waals surface area contributed by atoms with Crippen LogP contribution in [0.25, 0.3) is 11.0 Å². The van der Waals surface area contributed by atoms with Gasteiger partial charge in [-0.15, -0.1) is 0 Å². The predicted octanol–water partition coefficient (Wildman–Crippen LogP) is 3.97. The monoisotopic (exact) mass is 208 g/mol. The summed E-state index contributed by atoms with van der Waals surface area (Å²) in [7, 11) is 0. The van der Waals surface area contributed by atoms with E-state index in [0.717, 1.165) is 11.0 Å². The second-order valence-corrected chi connectivity index (χ2v) is 2.96. The number of hydrogen-bond acceptors (Lipinski definition) is 3. The lowest BCUT2D eigenvalue weighted by atomic mass is 10.2. The number of aryl methyl sites for hydroxylation is 1. The minimum atomic E-state index is 0.811. The highest BCUT2D eigenvalue weighted by atomic mass is 16.6. The van der Waals surface area contributed by atoms with Crippen LogP contribution in [0.5, 0.6) is 0 Å². The van der Waals surface area contributed by atoms with Gasteiger partial charge in [0.25, 0.3) is 0 Å². The molecule has 2 rings (SSSR count). The van der Waals surface area contributed by atoms with Crippen LogP contribution < -0.4 is 0 Å². The summed E-state index contributed by atoms with van der Waals surface area (Å²) < 4.78 is 4.52. The summed E-state index contributed by atoms with van der Waals surface area (Å²) >= 11 is 0. The Morgan fingerprint density at radius 1 is 1.07 bits per heavy atom. The van der Waals surface area contributed by atoms with Crippen LogP contribution in [-0.4, -0.2) is 10.3 Å². The maximum absolute atomic E-state index is 4.52. The van der Waals surface area contributed by atoms with Crippen molar-refractivity contribution in [1.29, 1.82) is 0 Å².